The van der Waals surface area contributed by atoms with E-state index in [0.717, 1.165) is 18.4 Å². The van der Waals surface area contributed by atoms with E-state index in [4.69, 9.17) is 9.47 Å². The first-order chi connectivity index (χ1) is 9.58. The van der Waals surface area contributed by atoms with Gasteiger partial charge in [-0.3, -0.25) is 0 Å². The number of allylic oxidation sites excluding steroid dienone is 1. The summed E-state index contributed by atoms with van der Waals surface area (Å²) in [6.07, 6.45) is 3.20. The fourth-order valence-corrected chi connectivity index (χ4v) is 3.27. The van der Waals surface area contributed by atoms with Crippen LogP contribution in [0.3, 0.4) is 0 Å². The maximum Gasteiger partial charge on any atom is 0.181 e. The van der Waals surface area contributed by atoms with Gasteiger partial charge in [0.25, 0.3) is 0 Å². The third kappa shape index (κ3) is 4.44. The SMILES string of the molecule is C/C(=C\CS(=O)(=O)c1ccccc1)CCC1OCCO1. The molecule has 0 spiro atoms. The number of ether oxygens (including phenoxy) is 2. The Hall–Kier alpha value is -1.17. The van der Waals surface area contributed by atoms with Gasteiger partial charge in [-0.15, -0.1) is 0 Å². The van der Waals surface area contributed by atoms with Crippen LogP contribution in [-0.4, -0.2) is 33.7 Å². The minimum atomic E-state index is -3.23. The molecule has 1 aromatic carbocycles. The van der Waals surface area contributed by atoms with Crippen molar-refractivity contribution in [2.24, 2.45) is 0 Å². The smallest absolute Gasteiger partial charge is 0.181 e. The summed E-state index contributed by atoms with van der Waals surface area (Å²) in [7, 11) is -3.23. The highest BCUT2D eigenvalue weighted by molar-refractivity contribution is 7.91. The van der Waals surface area contributed by atoms with Crippen molar-refractivity contribution in [2.75, 3.05) is 19.0 Å². The van der Waals surface area contributed by atoms with Gasteiger partial charge in [0.1, 0.15) is 0 Å². The summed E-state index contributed by atoms with van der Waals surface area (Å²) in [5, 5.41) is 0. The van der Waals surface area contributed by atoms with Gasteiger partial charge in [0, 0.05) is 6.42 Å². The first kappa shape index (κ1) is 15.2. The Bertz CT molecular complexity index is 542. The van der Waals surface area contributed by atoms with Crippen molar-refractivity contribution < 1.29 is 17.9 Å². The van der Waals surface area contributed by atoms with Crippen molar-refractivity contribution in [2.45, 2.75) is 31.0 Å². The van der Waals surface area contributed by atoms with Crippen molar-refractivity contribution in [3.63, 3.8) is 0 Å². The van der Waals surface area contributed by atoms with Crippen molar-refractivity contribution in [1.82, 2.24) is 0 Å². The van der Waals surface area contributed by atoms with Crippen LogP contribution in [0.15, 0.2) is 46.9 Å². The molecule has 1 aliphatic rings. The minimum absolute atomic E-state index is 0.0369. The number of rotatable bonds is 6. The van der Waals surface area contributed by atoms with Crippen LogP contribution in [0.4, 0.5) is 0 Å². The molecule has 5 heteroatoms. The van der Waals surface area contributed by atoms with Gasteiger partial charge in [-0.2, -0.15) is 0 Å². The summed E-state index contributed by atoms with van der Waals surface area (Å²) >= 11 is 0. The fourth-order valence-electron chi connectivity index (χ4n) is 2.00. The molecular formula is C15H20O4S. The lowest BCUT2D eigenvalue weighted by molar-refractivity contribution is -0.0461. The van der Waals surface area contributed by atoms with Crippen LogP contribution in [0.5, 0.6) is 0 Å². The minimum Gasteiger partial charge on any atom is -0.350 e. The topological polar surface area (TPSA) is 52.6 Å². The van der Waals surface area contributed by atoms with Gasteiger partial charge in [0.05, 0.1) is 23.9 Å². The van der Waals surface area contributed by atoms with E-state index in [1.54, 1.807) is 30.3 Å². The quantitative estimate of drug-likeness (QED) is 0.757. The molecule has 0 unspecified atom stereocenters. The zero-order valence-corrected chi connectivity index (χ0v) is 12.4. The van der Waals surface area contributed by atoms with E-state index in [2.05, 4.69) is 0 Å². The van der Waals surface area contributed by atoms with Gasteiger partial charge in [-0.1, -0.05) is 29.8 Å². The summed E-state index contributed by atoms with van der Waals surface area (Å²) in [4.78, 5) is 0.367. The second-order valence-electron chi connectivity index (χ2n) is 4.85. The molecule has 4 nitrogen and oxygen atoms in total. The third-order valence-corrected chi connectivity index (χ3v) is 4.81. The molecule has 0 aliphatic carbocycles. The van der Waals surface area contributed by atoms with Crippen LogP contribution >= 0.6 is 0 Å². The summed E-state index contributed by atoms with van der Waals surface area (Å²) in [5.41, 5.74) is 1.05. The number of benzene rings is 1. The molecule has 1 fully saturated rings. The monoisotopic (exact) mass is 296 g/mol. The highest BCUT2D eigenvalue weighted by atomic mass is 32.2. The Balaban J connectivity index is 1.87. The van der Waals surface area contributed by atoms with E-state index >= 15 is 0 Å². The average molecular weight is 296 g/mol. The molecule has 0 amide bonds. The van der Waals surface area contributed by atoms with E-state index < -0.39 is 9.84 Å². The van der Waals surface area contributed by atoms with Gasteiger partial charge >= 0.3 is 0 Å². The maximum atomic E-state index is 12.1. The standard InChI is InChI=1S/C15H20O4S/c1-13(7-8-15-18-10-11-19-15)9-12-20(16,17)14-5-3-2-4-6-14/h2-6,9,15H,7-8,10-12H2,1H3/b13-9+. The molecule has 20 heavy (non-hydrogen) atoms. The molecule has 0 aromatic heterocycles. The first-order valence-corrected chi connectivity index (χ1v) is 8.40. The molecule has 0 N–H and O–H groups in total. The van der Waals surface area contributed by atoms with E-state index in [0.29, 0.717) is 18.1 Å². The van der Waals surface area contributed by atoms with Gasteiger partial charge in [0.15, 0.2) is 16.1 Å². The highest BCUT2D eigenvalue weighted by Crippen LogP contribution is 2.16. The molecular weight excluding hydrogens is 276 g/mol. The van der Waals surface area contributed by atoms with Crippen LogP contribution in [0.1, 0.15) is 19.8 Å². The largest absolute Gasteiger partial charge is 0.350 e. The number of hydrogen-bond donors (Lipinski definition) is 0. The molecule has 1 saturated heterocycles. The zero-order valence-electron chi connectivity index (χ0n) is 11.6. The van der Waals surface area contributed by atoms with E-state index in [1.165, 1.54) is 0 Å². The van der Waals surface area contributed by atoms with Gasteiger partial charge in [-0.25, -0.2) is 8.42 Å². The Morgan fingerprint density at radius 3 is 2.55 bits per heavy atom. The number of sulfone groups is 1. The second-order valence-corrected chi connectivity index (χ2v) is 6.89. The lowest BCUT2D eigenvalue weighted by atomic mass is 10.1. The lowest BCUT2D eigenvalue weighted by Gasteiger charge is -2.08. The summed E-state index contributed by atoms with van der Waals surface area (Å²) in [5.74, 6) is 0.0369. The van der Waals surface area contributed by atoms with Crippen LogP contribution in [0.2, 0.25) is 0 Å². The van der Waals surface area contributed by atoms with Crippen molar-refractivity contribution >= 4 is 9.84 Å². The maximum absolute atomic E-state index is 12.1. The molecule has 1 heterocycles. The van der Waals surface area contributed by atoms with E-state index in [9.17, 15) is 8.42 Å². The second kappa shape index (κ2) is 7.02. The predicted molar refractivity (Wildman–Crippen MR) is 77.2 cm³/mol. The van der Waals surface area contributed by atoms with Gasteiger partial charge < -0.3 is 9.47 Å². The van der Waals surface area contributed by atoms with Crippen LogP contribution in [0.25, 0.3) is 0 Å². The summed E-state index contributed by atoms with van der Waals surface area (Å²) < 4.78 is 34.9. The fraction of sp³-hybridized carbons (Fsp3) is 0.467. The zero-order chi connectivity index (χ0) is 14.4. The van der Waals surface area contributed by atoms with Gasteiger partial charge in [-0.05, 0) is 25.5 Å². The van der Waals surface area contributed by atoms with Crippen LogP contribution in [-0.2, 0) is 19.3 Å². The van der Waals surface area contributed by atoms with Gasteiger partial charge in [0.2, 0.25) is 0 Å². The van der Waals surface area contributed by atoms with E-state index in [-0.39, 0.29) is 12.0 Å². The average Bonchev–Trinajstić information content (AvgIpc) is 2.97. The molecule has 0 atom stereocenters. The predicted octanol–water partition coefficient (Wildman–Crippen LogP) is 2.56. The van der Waals surface area contributed by atoms with Crippen LogP contribution in [0, 0.1) is 0 Å². The van der Waals surface area contributed by atoms with Crippen molar-refractivity contribution in [3.8, 4) is 0 Å². The Morgan fingerprint density at radius 1 is 1.25 bits per heavy atom. The number of hydrogen-bond acceptors (Lipinski definition) is 4. The Morgan fingerprint density at radius 2 is 1.90 bits per heavy atom. The van der Waals surface area contributed by atoms with Crippen LogP contribution < -0.4 is 0 Å². The summed E-state index contributed by atoms with van der Waals surface area (Å²) in [6, 6.07) is 8.52. The lowest BCUT2D eigenvalue weighted by Crippen LogP contribution is -2.08. The molecule has 0 saturated carbocycles. The molecule has 1 aromatic rings. The Kier molecular flexibility index (Phi) is 5.34. The van der Waals surface area contributed by atoms with Crippen molar-refractivity contribution in [3.05, 3.63) is 42.0 Å². The molecule has 0 radical (unpaired) electrons. The van der Waals surface area contributed by atoms with E-state index in [1.807, 2.05) is 13.0 Å². The first-order valence-electron chi connectivity index (χ1n) is 6.74. The summed E-state index contributed by atoms with van der Waals surface area (Å²) in [6.45, 7) is 3.24. The molecule has 1 aliphatic heterocycles. The molecule has 0 bridgehead atoms. The third-order valence-electron chi connectivity index (χ3n) is 3.22. The van der Waals surface area contributed by atoms with Crippen molar-refractivity contribution in [1.29, 1.82) is 0 Å². The highest BCUT2D eigenvalue weighted by Gasteiger charge is 2.16. The normalized spacial score (nSPS) is 17.6. The Labute approximate surface area is 120 Å². The molecule has 2 rings (SSSR count). The molecule has 110 valence electrons.